The van der Waals surface area contributed by atoms with Crippen molar-refractivity contribution in [2.24, 2.45) is 0 Å². The standard InChI is InChI=1S/C10H14O4S/c1-8-9(2-5-13-8)15-7-3-10(12)14-6-4-11/h2,5,11H,3-4,6-7H2,1H3. The summed E-state index contributed by atoms with van der Waals surface area (Å²) in [5.74, 6) is 1.24. The number of hydrogen-bond acceptors (Lipinski definition) is 5. The zero-order valence-electron chi connectivity index (χ0n) is 8.56. The average molecular weight is 230 g/mol. The molecular formula is C10H14O4S. The van der Waals surface area contributed by atoms with Gasteiger partial charge in [0.25, 0.3) is 0 Å². The van der Waals surface area contributed by atoms with E-state index in [4.69, 9.17) is 14.3 Å². The molecule has 0 aliphatic carbocycles. The van der Waals surface area contributed by atoms with E-state index >= 15 is 0 Å². The molecule has 84 valence electrons. The summed E-state index contributed by atoms with van der Waals surface area (Å²) in [4.78, 5) is 12.1. The van der Waals surface area contributed by atoms with Gasteiger partial charge in [-0.05, 0) is 13.0 Å². The van der Waals surface area contributed by atoms with E-state index < -0.39 is 0 Å². The molecule has 1 heterocycles. The van der Waals surface area contributed by atoms with Crippen molar-refractivity contribution in [3.63, 3.8) is 0 Å². The molecule has 5 heteroatoms. The van der Waals surface area contributed by atoms with E-state index in [0.717, 1.165) is 10.7 Å². The lowest BCUT2D eigenvalue weighted by Gasteiger charge is -2.01. The van der Waals surface area contributed by atoms with Gasteiger partial charge in [0.1, 0.15) is 12.4 Å². The number of carbonyl (C=O) groups excluding carboxylic acids is 1. The summed E-state index contributed by atoms with van der Waals surface area (Å²) < 4.78 is 9.83. The lowest BCUT2D eigenvalue weighted by molar-refractivity contribution is -0.144. The molecule has 0 amide bonds. The van der Waals surface area contributed by atoms with E-state index in [-0.39, 0.29) is 19.2 Å². The maximum atomic E-state index is 11.0. The third-order valence-corrected chi connectivity index (χ3v) is 2.87. The van der Waals surface area contributed by atoms with E-state index in [1.165, 1.54) is 0 Å². The minimum atomic E-state index is -0.280. The molecule has 0 bridgehead atoms. The van der Waals surface area contributed by atoms with Gasteiger partial charge in [0.15, 0.2) is 0 Å². The Morgan fingerprint density at radius 1 is 1.67 bits per heavy atom. The first kappa shape index (κ1) is 12.1. The molecule has 0 aliphatic rings. The van der Waals surface area contributed by atoms with Crippen molar-refractivity contribution in [1.29, 1.82) is 0 Å². The van der Waals surface area contributed by atoms with Gasteiger partial charge in [0.2, 0.25) is 0 Å². The van der Waals surface area contributed by atoms with E-state index in [1.54, 1.807) is 18.0 Å². The number of rotatable bonds is 6. The Labute approximate surface area is 92.6 Å². The molecule has 1 aromatic rings. The van der Waals surface area contributed by atoms with Crippen LogP contribution in [0.1, 0.15) is 12.2 Å². The Morgan fingerprint density at radius 2 is 2.47 bits per heavy atom. The van der Waals surface area contributed by atoms with Crippen molar-refractivity contribution >= 4 is 17.7 Å². The number of aliphatic hydroxyl groups is 1. The van der Waals surface area contributed by atoms with Gasteiger partial charge < -0.3 is 14.3 Å². The van der Waals surface area contributed by atoms with Crippen LogP contribution in [0.3, 0.4) is 0 Å². The molecule has 0 atom stereocenters. The fraction of sp³-hybridized carbons (Fsp3) is 0.500. The van der Waals surface area contributed by atoms with Gasteiger partial charge in [-0.1, -0.05) is 0 Å². The number of furan rings is 1. The van der Waals surface area contributed by atoms with Crippen LogP contribution in [-0.2, 0) is 9.53 Å². The third kappa shape index (κ3) is 4.40. The van der Waals surface area contributed by atoms with Gasteiger partial charge in [-0.3, -0.25) is 4.79 Å². The van der Waals surface area contributed by atoms with Crippen LogP contribution in [0.25, 0.3) is 0 Å². The first-order chi connectivity index (χ1) is 7.24. The lowest BCUT2D eigenvalue weighted by atomic mass is 10.5. The normalized spacial score (nSPS) is 10.3. The van der Waals surface area contributed by atoms with Crippen LogP contribution in [-0.4, -0.2) is 30.0 Å². The molecule has 0 aliphatic heterocycles. The third-order valence-electron chi connectivity index (χ3n) is 1.73. The van der Waals surface area contributed by atoms with Crippen LogP contribution >= 0.6 is 11.8 Å². The smallest absolute Gasteiger partial charge is 0.306 e. The molecule has 4 nitrogen and oxygen atoms in total. The molecule has 1 N–H and O–H groups in total. The monoisotopic (exact) mass is 230 g/mol. The number of ether oxygens (including phenoxy) is 1. The van der Waals surface area contributed by atoms with Gasteiger partial charge in [0, 0.05) is 10.6 Å². The second-order valence-electron chi connectivity index (χ2n) is 2.88. The van der Waals surface area contributed by atoms with E-state index in [9.17, 15) is 4.79 Å². The summed E-state index contributed by atoms with van der Waals surface area (Å²) in [7, 11) is 0. The molecule has 0 saturated heterocycles. The van der Waals surface area contributed by atoms with Crippen LogP contribution in [0.4, 0.5) is 0 Å². The van der Waals surface area contributed by atoms with Gasteiger partial charge in [-0.2, -0.15) is 0 Å². The van der Waals surface area contributed by atoms with Crippen LogP contribution < -0.4 is 0 Å². The molecule has 15 heavy (non-hydrogen) atoms. The van der Waals surface area contributed by atoms with Gasteiger partial charge in [0.05, 0.1) is 19.3 Å². The lowest BCUT2D eigenvalue weighted by Crippen LogP contribution is -2.08. The Balaban J connectivity index is 2.16. The second-order valence-corrected chi connectivity index (χ2v) is 4.02. The van der Waals surface area contributed by atoms with Crippen molar-refractivity contribution in [3.05, 3.63) is 18.1 Å². The topological polar surface area (TPSA) is 59.7 Å². The number of hydrogen-bond donors (Lipinski definition) is 1. The largest absolute Gasteiger partial charge is 0.468 e. The Kier molecular flexibility index (Phi) is 5.28. The highest BCUT2D eigenvalue weighted by molar-refractivity contribution is 7.99. The molecule has 0 unspecified atom stereocenters. The fourth-order valence-corrected chi connectivity index (χ4v) is 1.89. The highest BCUT2D eigenvalue weighted by Crippen LogP contribution is 2.23. The van der Waals surface area contributed by atoms with Crippen molar-refractivity contribution in [2.75, 3.05) is 19.0 Å². The number of aliphatic hydroxyl groups excluding tert-OH is 1. The summed E-state index contributed by atoms with van der Waals surface area (Å²) in [6.07, 6.45) is 1.97. The Morgan fingerprint density at radius 3 is 3.07 bits per heavy atom. The molecule has 0 aromatic carbocycles. The molecule has 0 saturated carbocycles. The van der Waals surface area contributed by atoms with Crippen LogP contribution in [0.5, 0.6) is 0 Å². The Hall–Kier alpha value is -0.940. The van der Waals surface area contributed by atoms with Crippen molar-refractivity contribution in [2.45, 2.75) is 18.2 Å². The van der Waals surface area contributed by atoms with Crippen molar-refractivity contribution in [3.8, 4) is 0 Å². The number of carbonyl (C=O) groups is 1. The van der Waals surface area contributed by atoms with Gasteiger partial charge in [-0.25, -0.2) is 0 Å². The SMILES string of the molecule is Cc1occc1SCCC(=O)OCCO. The van der Waals surface area contributed by atoms with Crippen LogP contribution in [0.15, 0.2) is 21.6 Å². The van der Waals surface area contributed by atoms with Crippen molar-refractivity contribution < 1.29 is 19.1 Å². The maximum absolute atomic E-state index is 11.0. The highest BCUT2D eigenvalue weighted by Gasteiger charge is 2.05. The molecule has 1 aromatic heterocycles. The molecular weight excluding hydrogens is 216 g/mol. The number of thioether (sulfide) groups is 1. The van der Waals surface area contributed by atoms with Crippen LogP contribution in [0.2, 0.25) is 0 Å². The molecule has 1 rings (SSSR count). The average Bonchev–Trinajstić information content (AvgIpc) is 2.61. The molecule has 0 spiro atoms. The van der Waals surface area contributed by atoms with E-state index in [2.05, 4.69) is 0 Å². The summed E-state index contributed by atoms with van der Waals surface area (Å²) >= 11 is 1.56. The summed E-state index contributed by atoms with van der Waals surface area (Å²) in [6, 6.07) is 1.87. The van der Waals surface area contributed by atoms with Gasteiger partial charge >= 0.3 is 5.97 Å². The van der Waals surface area contributed by atoms with E-state index in [0.29, 0.717) is 12.2 Å². The second kappa shape index (κ2) is 6.53. The zero-order valence-corrected chi connectivity index (χ0v) is 9.38. The summed E-state index contributed by atoms with van der Waals surface area (Å²) in [6.45, 7) is 1.83. The minimum absolute atomic E-state index is 0.0776. The first-order valence-electron chi connectivity index (χ1n) is 4.67. The highest BCUT2D eigenvalue weighted by atomic mass is 32.2. The molecule has 0 radical (unpaired) electrons. The predicted octanol–water partition coefficient (Wildman–Crippen LogP) is 1.61. The number of esters is 1. The first-order valence-corrected chi connectivity index (χ1v) is 5.66. The summed E-state index contributed by atoms with van der Waals surface area (Å²) in [5, 5.41) is 8.43. The number of aryl methyl sites for hydroxylation is 1. The zero-order chi connectivity index (χ0) is 11.1. The van der Waals surface area contributed by atoms with Crippen LogP contribution in [0, 0.1) is 6.92 Å². The van der Waals surface area contributed by atoms with Gasteiger partial charge in [-0.15, -0.1) is 11.8 Å². The predicted molar refractivity (Wildman–Crippen MR) is 56.8 cm³/mol. The quantitative estimate of drug-likeness (QED) is 0.594. The Bertz CT molecular complexity index is 308. The molecule has 0 fully saturated rings. The minimum Gasteiger partial charge on any atom is -0.468 e. The summed E-state index contributed by atoms with van der Waals surface area (Å²) in [5.41, 5.74) is 0. The fourth-order valence-electron chi connectivity index (χ4n) is 0.999. The van der Waals surface area contributed by atoms with E-state index in [1.807, 2.05) is 13.0 Å². The maximum Gasteiger partial charge on any atom is 0.306 e. The van der Waals surface area contributed by atoms with Crippen molar-refractivity contribution in [1.82, 2.24) is 0 Å².